The molecular weight excluding hydrogens is 286 g/mol. The summed E-state index contributed by atoms with van der Waals surface area (Å²) in [6.45, 7) is 5.61. The SMILES string of the molecule is CCC(=O)N(c1ccccn1)C(C)CN(C)Cc1ccccc1. The molecule has 4 nitrogen and oxygen atoms in total. The summed E-state index contributed by atoms with van der Waals surface area (Å²) < 4.78 is 0. The molecule has 1 aromatic heterocycles. The van der Waals surface area contributed by atoms with E-state index >= 15 is 0 Å². The van der Waals surface area contributed by atoms with Crippen LogP contribution < -0.4 is 4.90 Å². The summed E-state index contributed by atoms with van der Waals surface area (Å²) >= 11 is 0. The van der Waals surface area contributed by atoms with Gasteiger partial charge in [-0.2, -0.15) is 0 Å². The van der Waals surface area contributed by atoms with E-state index in [2.05, 4.69) is 36.0 Å². The number of benzene rings is 1. The molecule has 0 bridgehead atoms. The highest BCUT2D eigenvalue weighted by Gasteiger charge is 2.22. The summed E-state index contributed by atoms with van der Waals surface area (Å²) in [6, 6.07) is 16.1. The molecule has 122 valence electrons. The summed E-state index contributed by atoms with van der Waals surface area (Å²) in [7, 11) is 2.08. The van der Waals surface area contributed by atoms with Crippen LogP contribution in [0.1, 0.15) is 25.8 Å². The van der Waals surface area contributed by atoms with Gasteiger partial charge in [0, 0.05) is 31.7 Å². The van der Waals surface area contributed by atoms with E-state index in [1.165, 1.54) is 5.56 Å². The van der Waals surface area contributed by atoms with Gasteiger partial charge in [0.05, 0.1) is 0 Å². The minimum Gasteiger partial charge on any atom is -0.300 e. The fraction of sp³-hybridized carbons (Fsp3) is 0.368. The van der Waals surface area contributed by atoms with Crippen molar-refractivity contribution in [2.45, 2.75) is 32.9 Å². The number of likely N-dealkylation sites (N-methyl/N-ethyl adjacent to an activating group) is 1. The highest BCUT2D eigenvalue weighted by molar-refractivity contribution is 5.92. The highest BCUT2D eigenvalue weighted by Crippen LogP contribution is 2.16. The molecule has 0 N–H and O–H groups in total. The minimum atomic E-state index is 0.0612. The molecule has 2 aromatic rings. The Morgan fingerprint density at radius 2 is 1.83 bits per heavy atom. The van der Waals surface area contributed by atoms with Crippen molar-refractivity contribution in [1.82, 2.24) is 9.88 Å². The summed E-state index contributed by atoms with van der Waals surface area (Å²) in [5.41, 5.74) is 1.27. The number of hydrogen-bond donors (Lipinski definition) is 0. The van der Waals surface area contributed by atoms with Gasteiger partial charge in [0.15, 0.2) is 0 Å². The largest absolute Gasteiger partial charge is 0.300 e. The number of aromatic nitrogens is 1. The third kappa shape index (κ3) is 4.89. The van der Waals surface area contributed by atoms with Crippen molar-refractivity contribution < 1.29 is 4.79 Å². The van der Waals surface area contributed by atoms with Crippen LogP contribution in [0.2, 0.25) is 0 Å². The Morgan fingerprint density at radius 1 is 1.13 bits per heavy atom. The Morgan fingerprint density at radius 3 is 2.43 bits per heavy atom. The quantitative estimate of drug-likeness (QED) is 0.787. The predicted molar refractivity (Wildman–Crippen MR) is 94.3 cm³/mol. The third-order valence-electron chi connectivity index (χ3n) is 3.78. The van der Waals surface area contributed by atoms with E-state index in [0.29, 0.717) is 6.42 Å². The van der Waals surface area contributed by atoms with Gasteiger partial charge >= 0.3 is 0 Å². The molecule has 0 saturated carbocycles. The normalized spacial score (nSPS) is 12.2. The molecule has 0 saturated heterocycles. The lowest BCUT2D eigenvalue weighted by Gasteiger charge is -2.31. The maximum atomic E-state index is 12.4. The van der Waals surface area contributed by atoms with Crippen molar-refractivity contribution in [3.05, 3.63) is 60.3 Å². The van der Waals surface area contributed by atoms with Crippen LogP contribution in [0, 0.1) is 0 Å². The van der Waals surface area contributed by atoms with E-state index in [9.17, 15) is 4.79 Å². The fourth-order valence-corrected chi connectivity index (χ4v) is 2.76. The molecule has 0 spiro atoms. The Hall–Kier alpha value is -2.20. The van der Waals surface area contributed by atoms with E-state index in [4.69, 9.17) is 0 Å². The van der Waals surface area contributed by atoms with Crippen molar-refractivity contribution >= 4 is 11.7 Å². The van der Waals surface area contributed by atoms with Crippen LogP contribution in [-0.2, 0) is 11.3 Å². The van der Waals surface area contributed by atoms with Crippen LogP contribution in [0.15, 0.2) is 54.7 Å². The zero-order chi connectivity index (χ0) is 16.7. The van der Waals surface area contributed by atoms with Crippen LogP contribution in [0.3, 0.4) is 0 Å². The number of nitrogens with zero attached hydrogens (tertiary/aromatic N) is 3. The summed E-state index contributed by atoms with van der Waals surface area (Å²) in [4.78, 5) is 20.8. The van der Waals surface area contributed by atoms with Crippen LogP contribution in [-0.4, -0.2) is 35.4 Å². The van der Waals surface area contributed by atoms with Crippen molar-refractivity contribution in [2.75, 3.05) is 18.5 Å². The van der Waals surface area contributed by atoms with Gasteiger partial charge < -0.3 is 4.90 Å². The molecule has 0 aliphatic carbocycles. The second-order valence-corrected chi connectivity index (χ2v) is 5.84. The van der Waals surface area contributed by atoms with Crippen molar-refractivity contribution in [1.29, 1.82) is 0 Å². The number of rotatable bonds is 7. The van der Waals surface area contributed by atoms with Crippen LogP contribution >= 0.6 is 0 Å². The molecule has 0 aliphatic rings. The first kappa shape index (κ1) is 17.2. The zero-order valence-electron chi connectivity index (χ0n) is 14.1. The van der Waals surface area contributed by atoms with Gasteiger partial charge in [0.1, 0.15) is 5.82 Å². The van der Waals surface area contributed by atoms with Gasteiger partial charge in [-0.05, 0) is 31.7 Å². The van der Waals surface area contributed by atoms with Crippen LogP contribution in [0.25, 0.3) is 0 Å². The molecular formula is C19H25N3O. The van der Waals surface area contributed by atoms with E-state index < -0.39 is 0 Å². The van der Waals surface area contributed by atoms with Crippen LogP contribution in [0.5, 0.6) is 0 Å². The Balaban J connectivity index is 2.05. The topological polar surface area (TPSA) is 36.4 Å². The minimum absolute atomic E-state index is 0.0612. The summed E-state index contributed by atoms with van der Waals surface area (Å²) in [6.07, 6.45) is 2.20. The van der Waals surface area contributed by atoms with Crippen molar-refractivity contribution in [3.8, 4) is 0 Å². The maximum absolute atomic E-state index is 12.4. The molecule has 0 aliphatic heterocycles. The first-order valence-corrected chi connectivity index (χ1v) is 8.07. The van der Waals surface area contributed by atoms with E-state index in [1.54, 1.807) is 6.20 Å². The number of anilines is 1. The van der Waals surface area contributed by atoms with Gasteiger partial charge in [0.25, 0.3) is 0 Å². The Bertz CT molecular complexity index is 601. The van der Waals surface area contributed by atoms with E-state index in [1.807, 2.05) is 48.2 Å². The zero-order valence-corrected chi connectivity index (χ0v) is 14.1. The van der Waals surface area contributed by atoms with Gasteiger partial charge in [-0.1, -0.05) is 43.3 Å². The lowest BCUT2D eigenvalue weighted by molar-refractivity contribution is -0.118. The Kier molecular flexibility index (Phi) is 6.29. The van der Waals surface area contributed by atoms with Gasteiger partial charge in [-0.15, -0.1) is 0 Å². The van der Waals surface area contributed by atoms with Gasteiger partial charge in [-0.25, -0.2) is 4.98 Å². The predicted octanol–water partition coefficient (Wildman–Crippen LogP) is 3.35. The number of hydrogen-bond acceptors (Lipinski definition) is 3. The molecule has 1 atom stereocenters. The molecule has 1 aromatic carbocycles. The molecule has 4 heteroatoms. The maximum Gasteiger partial charge on any atom is 0.228 e. The van der Waals surface area contributed by atoms with Crippen LogP contribution in [0.4, 0.5) is 5.82 Å². The number of amides is 1. The second-order valence-electron chi connectivity index (χ2n) is 5.84. The standard InChI is InChI=1S/C19H25N3O/c1-4-19(23)22(18-12-8-9-13-20-18)16(2)14-21(3)15-17-10-6-5-7-11-17/h5-13,16H,4,14-15H2,1-3H3. The summed E-state index contributed by atoms with van der Waals surface area (Å²) in [5, 5.41) is 0. The molecule has 1 unspecified atom stereocenters. The van der Waals surface area contributed by atoms with Gasteiger partial charge in [0.2, 0.25) is 5.91 Å². The van der Waals surface area contributed by atoms with Crippen molar-refractivity contribution in [2.24, 2.45) is 0 Å². The fourth-order valence-electron chi connectivity index (χ4n) is 2.76. The first-order chi connectivity index (χ1) is 11.1. The molecule has 0 fully saturated rings. The molecule has 1 heterocycles. The number of pyridine rings is 1. The van der Waals surface area contributed by atoms with E-state index in [0.717, 1.165) is 18.9 Å². The molecule has 1 amide bonds. The lowest BCUT2D eigenvalue weighted by Crippen LogP contribution is -2.44. The highest BCUT2D eigenvalue weighted by atomic mass is 16.2. The molecule has 0 radical (unpaired) electrons. The number of carbonyl (C=O) groups excluding carboxylic acids is 1. The molecule has 2 rings (SSSR count). The lowest BCUT2D eigenvalue weighted by atomic mass is 10.2. The first-order valence-electron chi connectivity index (χ1n) is 8.07. The average Bonchev–Trinajstić information content (AvgIpc) is 2.56. The Labute approximate surface area is 138 Å². The van der Waals surface area contributed by atoms with E-state index in [-0.39, 0.29) is 11.9 Å². The summed E-state index contributed by atoms with van der Waals surface area (Å²) in [5.74, 6) is 0.823. The second kappa shape index (κ2) is 8.44. The van der Waals surface area contributed by atoms with Crippen molar-refractivity contribution in [3.63, 3.8) is 0 Å². The third-order valence-corrected chi connectivity index (χ3v) is 3.78. The monoisotopic (exact) mass is 311 g/mol. The molecule has 23 heavy (non-hydrogen) atoms. The number of carbonyl (C=O) groups is 1. The van der Waals surface area contributed by atoms with Gasteiger partial charge in [-0.3, -0.25) is 9.69 Å². The smallest absolute Gasteiger partial charge is 0.228 e. The average molecular weight is 311 g/mol.